The molecular formula is C12H12BrClF3NO. The molecular weight excluding hydrogens is 346 g/mol. The van der Waals surface area contributed by atoms with Crippen LogP contribution in [0.3, 0.4) is 0 Å². The minimum Gasteiger partial charge on any atom is -0.327 e. The first-order chi connectivity index (χ1) is 8.60. The first-order valence-corrected chi connectivity index (χ1v) is 6.61. The van der Waals surface area contributed by atoms with Crippen LogP contribution in [0.15, 0.2) is 22.7 Å². The maximum atomic E-state index is 12.5. The molecule has 0 aliphatic carbocycles. The molecule has 1 rings (SSSR count). The van der Waals surface area contributed by atoms with Gasteiger partial charge in [0.1, 0.15) is 6.54 Å². The van der Waals surface area contributed by atoms with Gasteiger partial charge in [-0.2, -0.15) is 13.2 Å². The van der Waals surface area contributed by atoms with Gasteiger partial charge in [0.25, 0.3) is 5.91 Å². The Balaban J connectivity index is 3.06. The molecule has 0 fully saturated rings. The zero-order valence-corrected chi connectivity index (χ0v) is 12.6. The summed E-state index contributed by atoms with van der Waals surface area (Å²) in [6.07, 6.45) is -4.43. The molecule has 0 saturated carbocycles. The molecule has 2 nitrogen and oxygen atoms in total. The lowest BCUT2D eigenvalue weighted by Crippen LogP contribution is -2.43. The van der Waals surface area contributed by atoms with Crippen molar-refractivity contribution in [1.82, 2.24) is 4.90 Å². The fourth-order valence-electron chi connectivity index (χ4n) is 1.53. The summed E-state index contributed by atoms with van der Waals surface area (Å²) in [5, 5.41) is 0.286. The Morgan fingerprint density at radius 2 is 1.95 bits per heavy atom. The molecule has 0 aromatic heterocycles. The zero-order chi connectivity index (χ0) is 14.8. The van der Waals surface area contributed by atoms with Crippen molar-refractivity contribution in [3.63, 3.8) is 0 Å². The van der Waals surface area contributed by atoms with Gasteiger partial charge in [0.2, 0.25) is 0 Å². The number of hydrogen-bond acceptors (Lipinski definition) is 1. The monoisotopic (exact) mass is 357 g/mol. The molecule has 7 heteroatoms. The molecule has 0 atom stereocenters. The van der Waals surface area contributed by atoms with E-state index in [2.05, 4.69) is 15.9 Å². The number of halogens is 5. The van der Waals surface area contributed by atoms with Gasteiger partial charge in [0.05, 0.1) is 0 Å². The molecule has 1 aromatic carbocycles. The Hall–Kier alpha value is -0.750. The summed E-state index contributed by atoms with van der Waals surface area (Å²) < 4.78 is 38.0. The average molecular weight is 359 g/mol. The minimum atomic E-state index is -4.43. The van der Waals surface area contributed by atoms with Crippen molar-refractivity contribution in [3.05, 3.63) is 33.3 Å². The summed E-state index contributed by atoms with van der Waals surface area (Å²) in [6, 6.07) is 3.79. The lowest BCUT2D eigenvalue weighted by atomic mass is 10.1. The van der Waals surface area contributed by atoms with Crippen LogP contribution in [-0.4, -0.2) is 29.6 Å². The summed E-state index contributed by atoms with van der Waals surface area (Å²) in [6.45, 7) is 1.78. The SMILES string of the molecule is CC(C)N(CC(F)(F)F)C(=O)c1cc(Cl)cc(Br)c1. The van der Waals surface area contributed by atoms with Gasteiger partial charge in [-0.1, -0.05) is 27.5 Å². The van der Waals surface area contributed by atoms with Gasteiger partial charge in [0, 0.05) is 21.1 Å². The first kappa shape index (κ1) is 16.3. The summed E-state index contributed by atoms with van der Waals surface area (Å²) in [5.74, 6) is -0.699. The van der Waals surface area contributed by atoms with E-state index in [1.54, 1.807) is 6.07 Å². The number of alkyl halides is 3. The van der Waals surface area contributed by atoms with Crippen LogP contribution in [0.5, 0.6) is 0 Å². The van der Waals surface area contributed by atoms with Crippen LogP contribution < -0.4 is 0 Å². The summed E-state index contributed by atoms with van der Waals surface area (Å²) in [5.41, 5.74) is 0.123. The number of benzene rings is 1. The van der Waals surface area contributed by atoms with Crippen LogP contribution in [0, 0.1) is 0 Å². The molecule has 0 aliphatic heterocycles. The highest BCUT2D eigenvalue weighted by Crippen LogP contribution is 2.23. The highest BCUT2D eigenvalue weighted by molar-refractivity contribution is 9.10. The molecule has 19 heavy (non-hydrogen) atoms. The number of carbonyl (C=O) groups excluding carboxylic acids is 1. The lowest BCUT2D eigenvalue weighted by Gasteiger charge is -2.27. The molecule has 0 unspecified atom stereocenters. The van der Waals surface area contributed by atoms with E-state index in [0.29, 0.717) is 4.47 Å². The fourth-order valence-corrected chi connectivity index (χ4v) is 2.39. The Morgan fingerprint density at radius 1 is 1.37 bits per heavy atom. The molecule has 0 bridgehead atoms. The van der Waals surface area contributed by atoms with E-state index in [1.165, 1.54) is 26.0 Å². The number of hydrogen-bond donors (Lipinski definition) is 0. The molecule has 1 aromatic rings. The normalized spacial score (nSPS) is 11.8. The van der Waals surface area contributed by atoms with Crippen LogP contribution in [0.2, 0.25) is 5.02 Å². The minimum absolute atomic E-state index is 0.123. The van der Waals surface area contributed by atoms with Gasteiger partial charge in [-0.15, -0.1) is 0 Å². The van der Waals surface area contributed by atoms with Crippen molar-refractivity contribution >= 4 is 33.4 Å². The second kappa shape index (κ2) is 6.13. The molecule has 0 heterocycles. The summed E-state index contributed by atoms with van der Waals surface area (Å²) in [4.78, 5) is 12.9. The predicted octanol–water partition coefficient (Wildman–Crippen LogP) is 4.52. The van der Waals surface area contributed by atoms with Gasteiger partial charge in [-0.3, -0.25) is 4.79 Å². The molecule has 106 valence electrons. The molecule has 0 radical (unpaired) electrons. The largest absolute Gasteiger partial charge is 0.406 e. The predicted molar refractivity (Wildman–Crippen MR) is 71.4 cm³/mol. The average Bonchev–Trinajstić information content (AvgIpc) is 2.22. The van der Waals surface area contributed by atoms with Crippen molar-refractivity contribution in [3.8, 4) is 0 Å². The number of amides is 1. The van der Waals surface area contributed by atoms with Crippen molar-refractivity contribution in [2.75, 3.05) is 6.54 Å². The lowest BCUT2D eigenvalue weighted by molar-refractivity contribution is -0.143. The highest BCUT2D eigenvalue weighted by atomic mass is 79.9. The Kier molecular flexibility index (Phi) is 5.26. The second-order valence-corrected chi connectivity index (χ2v) is 5.65. The molecule has 0 saturated heterocycles. The second-order valence-electron chi connectivity index (χ2n) is 4.30. The number of carbonyl (C=O) groups is 1. The van der Waals surface area contributed by atoms with Crippen LogP contribution in [0.1, 0.15) is 24.2 Å². The van der Waals surface area contributed by atoms with Crippen molar-refractivity contribution in [1.29, 1.82) is 0 Å². The van der Waals surface area contributed by atoms with Crippen LogP contribution >= 0.6 is 27.5 Å². The first-order valence-electron chi connectivity index (χ1n) is 5.44. The topological polar surface area (TPSA) is 20.3 Å². The van der Waals surface area contributed by atoms with Crippen LogP contribution in [0.4, 0.5) is 13.2 Å². The third kappa shape index (κ3) is 5.03. The van der Waals surface area contributed by atoms with E-state index in [1.807, 2.05) is 0 Å². The molecule has 0 N–H and O–H groups in total. The van der Waals surface area contributed by atoms with Crippen LogP contribution in [-0.2, 0) is 0 Å². The maximum Gasteiger partial charge on any atom is 0.406 e. The van der Waals surface area contributed by atoms with Gasteiger partial charge >= 0.3 is 6.18 Å². The van der Waals surface area contributed by atoms with Gasteiger partial charge in [-0.05, 0) is 32.0 Å². The third-order valence-electron chi connectivity index (χ3n) is 2.34. The fraction of sp³-hybridized carbons (Fsp3) is 0.417. The van der Waals surface area contributed by atoms with Crippen molar-refractivity contribution in [2.24, 2.45) is 0 Å². The van der Waals surface area contributed by atoms with Crippen molar-refractivity contribution < 1.29 is 18.0 Å². The number of rotatable bonds is 3. The molecule has 0 aliphatic rings. The van der Waals surface area contributed by atoms with Gasteiger partial charge in [0.15, 0.2) is 0 Å². The Labute approximate surface area is 122 Å². The maximum absolute atomic E-state index is 12.5. The summed E-state index contributed by atoms with van der Waals surface area (Å²) in [7, 11) is 0. The Bertz CT molecular complexity index is 456. The smallest absolute Gasteiger partial charge is 0.327 e. The molecule has 1 amide bonds. The van der Waals surface area contributed by atoms with Gasteiger partial charge in [-0.25, -0.2) is 0 Å². The van der Waals surface area contributed by atoms with E-state index in [9.17, 15) is 18.0 Å². The van der Waals surface area contributed by atoms with E-state index in [0.717, 1.165) is 4.90 Å². The van der Waals surface area contributed by atoms with Gasteiger partial charge < -0.3 is 4.90 Å². The van der Waals surface area contributed by atoms with E-state index in [4.69, 9.17) is 11.6 Å². The number of nitrogens with zero attached hydrogens (tertiary/aromatic N) is 1. The third-order valence-corrected chi connectivity index (χ3v) is 3.02. The Morgan fingerprint density at radius 3 is 2.37 bits per heavy atom. The van der Waals surface area contributed by atoms with E-state index < -0.39 is 24.7 Å². The zero-order valence-electron chi connectivity index (χ0n) is 10.3. The van der Waals surface area contributed by atoms with Crippen molar-refractivity contribution in [2.45, 2.75) is 26.1 Å². The van der Waals surface area contributed by atoms with Crippen LogP contribution in [0.25, 0.3) is 0 Å². The van der Waals surface area contributed by atoms with E-state index >= 15 is 0 Å². The standard InChI is InChI=1S/C12H12BrClF3NO/c1-7(2)18(6-12(15,16)17)11(19)8-3-9(13)5-10(14)4-8/h3-5,7H,6H2,1-2H3. The quantitative estimate of drug-likeness (QED) is 0.778. The highest BCUT2D eigenvalue weighted by Gasteiger charge is 2.34. The summed E-state index contributed by atoms with van der Waals surface area (Å²) >= 11 is 8.94. The molecule has 0 spiro atoms. The van der Waals surface area contributed by atoms with E-state index in [-0.39, 0.29) is 10.6 Å².